The summed E-state index contributed by atoms with van der Waals surface area (Å²) in [6.45, 7) is 0. The Labute approximate surface area is 678 Å². The van der Waals surface area contributed by atoms with E-state index in [1.54, 1.807) is 0 Å². The second-order valence-corrected chi connectivity index (χ2v) is 45.0. The van der Waals surface area contributed by atoms with Crippen LogP contribution >= 0.6 is 63.4 Å². The van der Waals surface area contributed by atoms with Crippen molar-refractivity contribution >= 4 is 175 Å². The average Bonchev–Trinajstić information content (AvgIpc) is 0.830. The molecule has 0 saturated carbocycles. The van der Waals surface area contributed by atoms with Gasteiger partial charge >= 0.3 is 0 Å². The first-order chi connectivity index (χ1) is 53.7. The third-order valence-corrected chi connectivity index (χ3v) is 42.0. The topological polar surface area (TPSA) is 0 Å². The molecule has 16 aromatic rings. The fraction of sp³-hybridized carbons (Fsp3) is 0.0400. The monoisotopic (exact) mass is 1600 g/mol. The molecule has 0 amide bonds. The molecule has 0 bridgehead atoms. The molecule has 0 aliphatic heterocycles. The molecule has 0 aliphatic rings. The first-order valence-electron chi connectivity index (χ1n) is 36.7. The smallest absolute Gasteiger partial charge is 0.00405 e. The SMILES string of the molecule is [S-2].[S-2].c1ccc(P(CP(c2ccccc2)c2ccccc2)c2ccccc2)cc1.c1ccc(P(CP(c2ccccc2)c2ccccc2)c2ccccc2)cc1.c1ccc(P(CP(c2ccccc2)c2ccccc2)c2ccccc2)cc1.c1ccc(P(CP(c2ccccc2)c2ccccc2)c2ccccc2)cc1. The van der Waals surface area contributed by atoms with E-state index in [-0.39, 0.29) is 27.0 Å². The molecule has 0 nitrogen and oxygen atoms in total. The molecule has 0 N–H and O–H groups in total. The summed E-state index contributed by atoms with van der Waals surface area (Å²) in [6.07, 6.45) is 0. The summed E-state index contributed by atoms with van der Waals surface area (Å²) >= 11 is 0. The molecule has 16 aromatic carbocycles. The van der Waals surface area contributed by atoms with E-state index in [0.717, 1.165) is 0 Å². The highest BCUT2D eigenvalue weighted by atomic mass is 32.1. The zero-order chi connectivity index (χ0) is 73.3. The Hall–Kier alpha value is -8.34. The highest BCUT2D eigenvalue weighted by Crippen LogP contribution is 2.52. The van der Waals surface area contributed by atoms with Gasteiger partial charge < -0.3 is 27.0 Å². The van der Waals surface area contributed by atoms with E-state index in [1.807, 2.05) is 0 Å². The molecule has 110 heavy (non-hydrogen) atoms. The molecule has 544 valence electrons. The van der Waals surface area contributed by atoms with Crippen molar-refractivity contribution < 1.29 is 0 Å². The van der Waals surface area contributed by atoms with Crippen LogP contribution in [-0.2, 0) is 27.0 Å². The highest BCUT2D eigenvalue weighted by Gasteiger charge is 2.27. The molecule has 0 unspecified atom stereocenters. The van der Waals surface area contributed by atoms with Gasteiger partial charge in [0, 0.05) is 23.6 Å². The van der Waals surface area contributed by atoms with E-state index in [4.69, 9.17) is 0 Å². The molecule has 16 rings (SSSR count). The standard InChI is InChI=1S/4C25H22P2.2S/c4*1-5-13-22(14-6-1)26(23-15-7-2-8-16-23)21-27(24-17-9-3-10-18-24)25-19-11-4-12-20-25;;/h4*1-20H,21H2;;/q;;;;2*-2. The quantitative estimate of drug-likeness (QED) is 0.0529. The molecule has 0 radical (unpaired) electrons. The first kappa shape index (κ1) is 82.6. The highest BCUT2D eigenvalue weighted by molar-refractivity contribution is 7.90. The molecule has 0 aromatic heterocycles. The third-order valence-electron chi connectivity index (χ3n) is 18.2. The Kier molecular flexibility index (Phi) is 34.4. The van der Waals surface area contributed by atoms with Crippen LogP contribution in [0.25, 0.3) is 0 Å². The van der Waals surface area contributed by atoms with E-state index in [1.165, 1.54) is 108 Å². The van der Waals surface area contributed by atoms with E-state index in [9.17, 15) is 0 Å². The minimum Gasteiger partial charge on any atom is -2.00 e. The number of hydrogen-bond acceptors (Lipinski definition) is 0. The predicted octanol–water partition coefficient (Wildman–Crippen LogP) is 20.8. The maximum Gasteiger partial charge on any atom is 0.00405 e. The Morgan fingerprint density at radius 3 is 0.200 bits per heavy atom. The van der Waals surface area contributed by atoms with E-state index in [2.05, 4.69) is 485 Å². The van der Waals surface area contributed by atoms with Gasteiger partial charge in [0.25, 0.3) is 0 Å². The minimum absolute atomic E-state index is 0. The zero-order valence-electron chi connectivity index (χ0n) is 61.4. The van der Waals surface area contributed by atoms with Crippen molar-refractivity contribution in [1.29, 1.82) is 0 Å². The molecule has 0 saturated heterocycles. The van der Waals surface area contributed by atoms with Gasteiger partial charge in [0.15, 0.2) is 0 Å². The minimum atomic E-state index is -0.409. The van der Waals surface area contributed by atoms with E-state index >= 15 is 0 Å². The lowest BCUT2D eigenvalue weighted by Gasteiger charge is -2.26. The van der Waals surface area contributed by atoms with Crippen LogP contribution in [-0.4, -0.2) is 23.6 Å². The Morgan fingerprint density at radius 1 is 0.0909 bits per heavy atom. The van der Waals surface area contributed by atoms with Crippen LogP contribution in [0.4, 0.5) is 0 Å². The van der Waals surface area contributed by atoms with Crippen molar-refractivity contribution in [2.75, 3.05) is 23.6 Å². The van der Waals surface area contributed by atoms with Crippen LogP contribution in [0.1, 0.15) is 0 Å². The number of rotatable bonds is 24. The normalized spacial score (nSPS) is 10.8. The molecule has 0 fully saturated rings. The zero-order valence-corrected chi connectivity index (χ0v) is 70.2. The van der Waals surface area contributed by atoms with Gasteiger partial charge in [0.1, 0.15) is 0 Å². The predicted molar refractivity (Wildman–Crippen MR) is 507 cm³/mol. The van der Waals surface area contributed by atoms with Gasteiger partial charge in [-0.3, -0.25) is 0 Å². The summed E-state index contributed by atoms with van der Waals surface area (Å²) in [5.41, 5.74) is 0. The van der Waals surface area contributed by atoms with Crippen LogP contribution < -0.4 is 84.9 Å². The van der Waals surface area contributed by atoms with Gasteiger partial charge in [-0.25, -0.2) is 0 Å². The van der Waals surface area contributed by atoms with E-state index < -0.39 is 63.4 Å². The van der Waals surface area contributed by atoms with Crippen LogP contribution in [0.15, 0.2) is 485 Å². The maximum absolute atomic E-state index is 2.29. The Balaban J connectivity index is 0.000000145. The lowest BCUT2D eigenvalue weighted by molar-refractivity contribution is 1.73. The van der Waals surface area contributed by atoms with Crippen molar-refractivity contribution in [3.05, 3.63) is 485 Å². The van der Waals surface area contributed by atoms with Crippen molar-refractivity contribution in [1.82, 2.24) is 0 Å². The fourth-order valence-corrected chi connectivity index (χ4v) is 38.7. The molecule has 0 atom stereocenters. The van der Waals surface area contributed by atoms with E-state index in [0.29, 0.717) is 0 Å². The van der Waals surface area contributed by atoms with Crippen molar-refractivity contribution in [2.24, 2.45) is 0 Å². The molecule has 0 aliphatic carbocycles. The van der Waals surface area contributed by atoms with Gasteiger partial charge in [-0.2, -0.15) is 0 Å². The van der Waals surface area contributed by atoms with Crippen molar-refractivity contribution in [3.8, 4) is 0 Å². The van der Waals surface area contributed by atoms with Crippen LogP contribution in [0, 0.1) is 0 Å². The summed E-state index contributed by atoms with van der Waals surface area (Å²) in [6, 6.07) is 177. The summed E-state index contributed by atoms with van der Waals surface area (Å²) < 4.78 is 0. The third kappa shape index (κ3) is 24.3. The van der Waals surface area contributed by atoms with Gasteiger partial charge in [-0.1, -0.05) is 485 Å². The summed E-state index contributed by atoms with van der Waals surface area (Å²) in [5.74, 6) is 4.69. The summed E-state index contributed by atoms with van der Waals surface area (Å²) in [7, 11) is -3.27. The largest absolute Gasteiger partial charge is 2.00 e. The summed E-state index contributed by atoms with van der Waals surface area (Å²) in [5, 5.41) is 23.3. The lowest BCUT2D eigenvalue weighted by Crippen LogP contribution is -2.19. The Morgan fingerprint density at radius 2 is 0.145 bits per heavy atom. The lowest BCUT2D eigenvalue weighted by atomic mass is 10.4. The molecular weight excluding hydrogens is 1510 g/mol. The Bertz CT molecular complexity index is 3780. The fourth-order valence-electron chi connectivity index (χ4n) is 12.8. The maximum atomic E-state index is 2.29. The van der Waals surface area contributed by atoms with Crippen LogP contribution in [0.3, 0.4) is 0 Å². The van der Waals surface area contributed by atoms with Gasteiger partial charge in [-0.15, -0.1) is 0 Å². The molecule has 0 heterocycles. The van der Waals surface area contributed by atoms with Crippen LogP contribution in [0.5, 0.6) is 0 Å². The van der Waals surface area contributed by atoms with Crippen molar-refractivity contribution in [2.45, 2.75) is 0 Å². The van der Waals surface area contributed by atoms with Gasteiger partial charge in [-0.05, 0) is 148 Å². The van der Waals surface area contributed by atoms with Gasteiger partial charge in [0.2, 0.25) is 0 Å². The number of hydrogen-bond donors (Lipinski definition) is 0. The average molecular weight is 1600 g/mol. The number of benzene rings is 16. The van der Waals surface area contributed by atoms with Crippen LogP contribution in [0.2, 0.25) is 0 Å². The van der Waals surface area contributed by atoms with Gasteiger partial charge in [0.05, 0.1) is 0 Å². The van der Waals surface area contributed by atoms with Crippen molar-refractivity contribution in [3.63, 3.8) is 0 Å². The molecule has 10 heteroatoms. The summed E-state index contributed by atoms with van der Waals surface area (Å²) in [4.78, 5) is 0. The molecular formula is C100H88P8S2-4. The first-order valence-corrected chi connectivity index (χ1v) is 48.9. The molecule has 0 spiro atoms. The second kappa shape index (κ2) is 45.9. The second-order valence-electron chi connectivity index (χ2n) is 25.4.